The van der Waals surface area contributed by atoms with Crippen molar-refractivity contribution < 1.29 is 18.3 Å². The lowest BCUT2D eigenvalue weighted by atomic mass is 10.2. The summed E-state index contributed by atoms with van der Waals surface area (Å²) in [4.78, 5) is 4.17. The van der Waals surface area contributed by atoms with Crippen LogP contribution in [0.25, 0.3) is 5.65 Å². The molecule has 2 aromatic heterocycles. The van der Waals surface area contributed by atoms with Crippen LogP contribution in [0.1, 0.15) is 11.4 Å². The van der Waals surface area contributed by atoms with Gasteiger partial charge in [-0.25, -0.2) is 0 Å². The highest BCUT2D eigenvalue weighted by molar-refractivity contribution is 5.46. The van der Waals surface area contributed by atoms with Crippen molar-refractivity contribution in [3.8, 4) is 5.75 Å². The topological polar surface area (TPSA) is 69.8 Å². The lowest BCUT2D eigenvalue weighted by Crippen LogP contribution is -2.46. The van der Waals surface area contributed by atoms with Crippen LogP contribution in [0.5, 0.6) is 5.75 Å². The van der Waals surface area contributed by atoms with Gasteiger partial charge in [-0.15, -0.1) is 15.3 Å². The van der Waals surface area contributed by atoms with Gasteiger partial charge in [0.05, 0.1) is 0 Å². The van der Waals surface area contributed by atoms with Crippen molar-refractivity contribution >= 4 is 11.5 Å². The second-order valence-corrected chi connectivity index (χ2v) is 6.42. The average Bonchev–Trinajstić information content (AvgIpc) is 3.06. The Morgan fingerprint density at radius 2 is 1.78 bits per heavy atom. The van der Waals surface area contributed by atoms with Crippen LogP contribution in [0.2, 0.25) is 0 Å². The van der Waals surface area contributed by atoms with Gasteiger partial charge in [-0.1, -0.05) is 12.1 Å². The number of aromatic nitrogens is 4. The zero-order valence-corrected chi connectivity index (χ0v) is 14.3. The molecule has 7 nitrogen and oxygen atoms in total. The molecule has 0 aliphatic carbocycles. The van der Waals surface area contributed by atoms with E-state index < -0.39 is 12.0 Å². The molecule has 1 aliphatic heterocycles. The normalized spacial score (nSPS) is 16.2. The summed E-state index contributed by atoms with van der Waals surface area (Å²) in [5.74, 6) is -0.426. The minimum Gasteiger partial charge on any atom is -0.508 e. The predicted octanol–water partition coefficient (Wildman–Crippen LogP) is 2.17. The number of halogens is 3. The van der Waals surface area contributed by atoms with E-state index in [0.29, 0.717) is 25.5 Å². The molecule has 1 fully saturated rings. The number of benzene rings is 1. The first-order chi connectivity index (χ1) is 12.9. The SMILES string of the molecule is Oc1cccc(CN2CCN(c3ccc4nnc(C(F)(F)F)n4n3)CC2)c1. The molecule has 1 N–H and O–H groups in total. The standard InChI is InChI=1S/C17H17F3N6O/c18-17(19,20)16-22-21-14-4-5-15(23-26(14)16)25-8-6-24(7-9-25)11-12-2-1-3-13(27)10-12/h1-5,10,27H,6-9,11H2. The van der Waals surface area contributed by atoms with E-state index in [2.05, 4.69) is 20.2 Å². The van der Waals surface area contributed by atoms with E-state index >= 15 is 0 Å². The Hall–Kier alpha value is -2.88. The first-order valence-electron chi connectivity index (χ1n) is 8.45. The van der Waals surface area contributed by atoms with Gasteiger partial charge in [0, 0.05) is 32.7 Å². The van der Waals surface area contributed by atoms with Crippen molar-refractivity contribution in [2.24, 2.45) is 0 Å². The van der Waals surface area contributed by atoms with E-state index in [0.717, 1.165) is 23.2 Å². The Balaban J connectivity index is 1.46. The summed E-state index contributed by atoms with van der Waals surface area (Å²) in [6.07, 6.45) is -4.61. The number of piperazine rings is 1. The Morgan fingerprint density at radius 1 is 1.00 bits per heavy atom. The van der Waals surface area contributed by atoms with Gasteiger partial charge in [0.1, 0.15) is 11.6 Å². The molecule has 1 aliphatic rings. The largest absolute Gasteiger partial charge is 0.508 e. The van der Waals surface area contributed by atoms with Crippen LogP contribution >= 0.6 is 0 Å². The molecule has 3 heterocycles. The molecule has 0 radical (unpaired) electrons. The van der Waals surface area contributed by atoms with Crippen molar-refractivity contribution in [1.29, 1.82) is 0 Å². The van der Waals surface area contributed by atoms with Crippen LogP contribution in [0, 0.1) is 0 Å². The summed E-state index contributed by atoms with van der Waals surface area (Å²) >= 11 is 0. The molecule has 0 atom stereocenters. The van der Waals surface area contributed by atoms with Crippen molar-refractivity contribution in [1.82, 2.24) is 24.7 Å². The van der Waals surface area contributed by atoms with Gasteiger partial charge in [-0.05, 0) is 29.8 Å². The van der Waals surface area contributed by atoms with Gasteiger partial charge in [-0.2, -0.15) is 17.7 Å². The molecule has 27 heavy (non-hydrogen) atoms. The third kappa shape index (κ3) is 3.65. The molecule has 3 aromatic rings. The number of phenols is 1. The van der Waals surface area contributed by atoms with E-state index in [1.54, 1.807) is 24.3 Å². The smallest absolute Gasteiger partial charge is 0.453 e. The number of alkyl halides is 3. The van der Waals surface area contributed by atoms with Crippen molar-refractivity contribution in [3.05, 3.63) is 47.8 Å². The third-order valence-electron chi connectivity index (χ3n) is 4.52. The molecule has 1 aromatic carbocycles. The molecule has 0 bridgehead atoms. The summed E-state index contributed by atoms with van der Waals surface area (Å²) in [5, 5.41) is 20.4. The molecule has 1 saturated heterocycles. The van der Waals surface area contributed by atoms with Gasteiger partial charge in [0.25, 0.3) is 5.82 Å². The third-order valence-corrected chi connectivity index (χ3v) is 4.52. The average molecular weight is 378 g/mol. The Kier molecular flexibility index (Phi) is 4.34. The highest BCUT2D eigenvalue weighted by Gasteiger charge is 2.37. The number of anilines is 1. The van der Waals surface area contributed by atoms with Crippen LogP contribution in [0.4, 0.5) is 19.0 Å². The van der Waals surface area contributed by atoms with Crippen LogP contribution in [-0.2, 0) is 12.7 Å². The lowest BCUT2D eigenvalue weighted by molar-refractivity contribution is -0.146. The summed E-state index contributed by atoms with van der Waals surface area (Å²) in [7, 11) is 0. The fourth-order valence-electron chi connectivity index (χ4n) is 3.17. The Morgan fingerprint density at radius 3 is 2.48 bits per heavy atom. The molecule has 0 amide bonds. The molecular weight excluding hydrogens is 361 g/mol. The Labute approximate surface area is 152 Å². The van der Waals surface area contributed by atoms with Gasteiger partial charge in [0.15, 0.2) is 5.65 Å². The van der Waals surface area contributed by atoms with E-state index in [-0.39, 0.29) is 11.4 Å². The number of hydrogen-bond donors (Lipinski definition) is 1. The highest BCUT2D eigenvalue weighted by Crippen LogP contribution is 2.28. The highest BCUT2D eigenvalue weighted by atomic mass is 19.4. The maximum Gasteiger partial charge on any atom is 0.453 e. The van der Waals surface area contributed by atoms with Crippen LogP contribution in [0.15, 0.2) is 36.4 Å². The predicted molar refractivity (Wildman–Crippen MR) is 91.4 cm³/mol. The van der Waals surface area contributed by atoms with Gasteiger partial charge in [0.2, 0.25) is 0 Å². The van der Waals surface area contributed by atoms with Gasteiger partial charge >= 0.3 is 6.18 Å². The fraction of sp³-hybridized carbons (Fsp3) is 0.353. The molecule has 4 rings (SSSR count). The first-order valence-corrected chi connectivity index (χ1v) is 8.45. The van der Waals surface area contributed by atoms with Crippen LogP contribution in [0.3, 0.4) is 0 Å². The maximum absolute atomic E-state index is 13.0. The minimum atomic E-state index is -4.61. The van der Waals surface area contributed by atoms with Gasteiger partial charge in [-0.3, -0.25) is 4.90 Å². The molecule has 142 valence electrons. The van der Waals surface area contributed by atoms with E-state index in [1.807, 2.05) is 11.0 Å². The number of phenolic OH excluding ortho intramolecular Hbond substituents is 1. The first kappa shape index (κ1) is 17.5. The van der Waals surface area contributed by atoms with E-state index in [4.69, 9.17) is 0 Å². The molecule has 10 heteroatoms. The monoisotopic (exact) mass is 378 g/mol. The van der Waals surface area contributed by atoms with E-state index in [1.165, 1.54) is 6.07 Å². The Bertz CT molecular complexity index is 949. The van der Waals surface area contributed by atoms with Crippen molar-refractivity contribution in [2.45, 2.75) is 12.7 Å². The molecule has 0 unspecified atom stereocenters. The minimum absolute atomic E-state index is 0.0635. The quantitative estimate of drug-likeness (QED) is 0.753. The number of aromatic hydroxyl groups is 1. The zero-order chi connectivity index (χ0) is 19.0. The molecular formula is C17H17F3N6O. The molecule has 0 spiro atoms. The van der Waals surface area contributed by atoms with Crippen molar-refractivity contribution in [2.75, 3.05) is 31.1 Å². The van der Waals surface area contributed by atoms with E-state index in [9.17, 15) is 18.3 Å². The second-order valence-electron chi connectivity index (χ2n) is 6.42. The van der Waals surface area contributed by atoms with Crippen LogP contribution in [-0.4, -0.2) is 56.0 Å². The fourth-order valence-corrected chi connectivity index (χ4v) is 3.17. The zero-order valence-electron chi connectivity index (χ0n) is 14.3. The summed E-state index contributed by atoms with van der Waals surface area (Å²) in [5.41, 5.74) is 1.08. The van der Waals surface area contributed by atoms with Gasteiger partial charge < -0.3 is 10.0 Å². The lowest BCUT2D eigenvalue weighted by Gasteiger charge is -2.35. The molecule has 0 saturated carbocycles. The number of rotatable bonds is 3. The maximum atomic E-state index is 13.0. The number of nitrogens with zero attached hydrogens (tertiary/aromatic N) is 6. The van der Waals surface area contributed by atoms with Crippen molar-refractivity contribution in [3.63, 3.8) is 0 Å². The number of fused-ring (bicyclic) bond motifs is 1. The second kappa shape index (κ2) is 6.69. The summed E-state index contributed by atoms with van der Waals surface area (Å²) in [6.45, 7) is 3.47. The number of hydrogen-bond acceptors (Lipinski definition) is 6. The summed E-state index contributed by atoms with van der Waals surface area (Å²) < 4.78 is 39.8. The van der Waals surface area contributed by atoms with Crippen LogP contribution < -0.4 is 4.90 Å². The summed E-state index contributed by atoms with van der Waals surface area (Å²) in [6, 6.07) is 10.3.